The maximum atomic E-state index is 10.3. The average molecular weight is 427 g/mol. The molecule has 0 spiro atoms. The number of fused-ring (bicyclic) bond motifs is 1. The molecule has 5 rings (SSSR count). The summed E-state index contributed by atoms with van der Waals surface area (Å²) in [5.41, 5.74) is 3.78. The Kier molecular flexibility index (Phi) is 5.20. The third kappa shape index (κ3) is 3.87. The number of anilines is 2. The lowest BCUT2D eigenvalue weighted by atomic mass is 9.95. The highest BCUT2D eigenvalue weighted by molar-refractivity contribution is 7.15. The van der Waals surface area contributed by atoms with Gasteiger partial charge in [0.15, 0.2) is 10.9 Å². The van der Waals surface area contributed by atoms with E-state index >= 15 is 0 Å². The average Bonchev–Trinajstić information content (AvgIpc) is 3.09. The number of hydrogen-bond donors (Lipinski definition) is 2. The third-order valence-corrected chi connectivity index (χ3v) is 6.94. The number of benzene rings is 2. The van der Waals surface area contributed by atoms with Crippen molar-refractivity contribution >= 4 is 33.8 Å². The van der Waals surface area contributed by atoms with Crippen molar-refractivity contribution < 1.29 is 9.84 Å². The molecule has 1 aromatic heterocycles. The summed E-state index contributed by atoms with van der Waals surface area (Å²) < 4.78 is 6.42. The Balaban J connectivity index is 1.52. The zero-order valence-corrected chi connectivity index (χ0v) is 17.6. The molecule has 1 unspecified atom stereocenters. The van der Waals surface area contributed by atoms with Crippen molar-refractivity contribution in [3.8, 4) is 16.9 Å². The Morgan fingerprint density at radius 1 is 1.10 bits per heavy atom. The van der Waals surface area contributed by atoms with Crippen LogP contribution in [-0.4, -0.2) is 16.2 Å². The van der Waals surface area contributed by atoms with Gasteiger partial charge in [-0.2, -0.15) is 0 Å². The van der Waals surface area contributed by atoms with Gasteiger partial charge in [0, 0.05) is 15.5 Å². The van der Waals surface area contributed by atoms with E-state index in [9.17, 15) is 5.11 Å². The molecule has 2 N–H and O–H groups in total. The quantitative estimate of drug-likeness (QED) is 0.488. The molecule has 0 aliphatic heterocycles. The molecule has 2 aromatic carbocycles. The number of rotatable bonds is 5. The van der Waals surface area contributed by atoms with E-state index in [1.807, 2.05) is 30.3 Å². The van der Waals surface area contributed by atoms with Crippen LogP contribution in [0.2, 0.25) is 5.02 Å². The number of nitrogens with zero attached hydrogens (tertiary/aromatic N) is 1. The second-order valence-corrected chi connectivity index (χ2v) is 9.24. The van der Waals surface area contributed by atoms with Gasteiger partial charge < -0.3 is 15.2 Å². The van der Waals surface area contributed by atoms with E-state index in [4.69, 9.17) is 16.3 Å². The molecule has 1 fully saturated rings. The Morgan fingerprint density at radius 2 is 1.97 bits per heavy atom. The summed E-state index contributed by atoms with van der Waals surface area (Å²) in [4.78, 5) is 5.86. The number of thiazole rings is 1. The highest BCUT2D eigenvalue weighted by Gasteiger charge is 2.25. The summed E-state index contributed by atoms with van der Waals surface area (Å²) in [6, 6.07) is 14.0. The molecule has 150 valence electrons. The first-order valence-electron chi connectivity index (χ1n) is 10.2. The molecular formula is C23H23ClN2O2S. The van der Waals surface area contributed by atoms with E-state index in [2.05, 4.69) is 22.4 Å². The zero-order chi connectivity index (χ0) is 19.8. The van der Waals surface area contributed by atoms with Gasteiger partial charge in [-0.15, -0.1) is 11.3 Å². The minimum absolute atomic E-state index is 0.252. The van der Waals surface area contributed by atoms with Crippen LogP contribution < -0.4 is 10.1 Å². The maximum Gasteiger partial charge on any atom is 0.187 e. The number of halogens is 1. The fourth-order valence-corrected chi connectivity index (χ4v) is 5.13. The molecular weight excluding hydrogens is 404 g/mol. The molecule has 2 aliphatic rings. The monoisotopic (exact) mass is 426 g/mol. The lowest BCUT2D eigenvalue weighted by molar-refractivity contribution is 0.122. The molecule has 29 heavy (non-hydrogen) atoms. The largest absolute Gasteiger partial charge is 0.488 e. The SMILES string of the molecule is OC1CCCc2sc(Nc3cccc(-c4cccc(Cl)c4)c3OC3CCC3)nc21. The fraction of sp³-hybridized carbons (Fsp3) is 0.348. The number of para-hydroxylation sites is 1. The lowest BCUT2D eigenvalue weighted by Crippen LogP contribution is -2.25. The van der Waals surface area contributed by atoms with E-state index < -0.39 is 6.10 Å². The van der Waals surface area contributed by atoms with Crippen molar-refractivity contribution in [2.45, 2.75) is 50.7 Å². The topological polar surface area (TPSA) is 54.4 Å². The van der Waals surface area contributed by atoms with Crippen LogP contribution in [0.15, 0.2) is 42.5 Å². The Hall–Kier alpha value is -2.08. The highest BCUT2D eigenvalue weighted by atomic mass is 35.5. The van der Waals surface area contributed by atoms with E-state index in [1.54, 1.807) is 11.3 Å². The number of aliphatic hydroxyl groups excluding tert-OH is 1. The highest BCUT2D eigenvalue weighted by Crippen LogP contribution is 2.43. The summed E-state index contributed by atoms with van der Waals surface area (Å²) in [7, 11) is 0. The number of aromatic nitrogens is 1. The van der Waals surface area contributed by atoms with Crippen LogP contribution in [0, 0.1) is 0 Å². The third-order valence-electron chi connectivity index (χ3n) is 5.65. The minimum Gasteiger partial charge on any atom is -0.488 e. The van der Waals surface area contributed by atoms with Gasteiger partial charge in [-0.25, -0.2) is 4.98 Å². The number of hydrogen-bond acceptors (Lipinski definition) is 5. The van der Waals surface area contributed by atoms with E-state index in [1.165, 1.54) is 11.3 Å². The Bertz CT molecular complexity index is 1030. The molecule has 3 aromatic rings. The molecule has 0 saturated heterocycles. The summed E-state index contributed by atoms with van der Waals surface area (Å²) in [5, 5.41) is 15.2. The van der Waals surface area contributed by atoms with Gasteiger partial charge in [-0.1, -0.05) is 35.9 Å². The zero-order valence-electron chi connectivity index (χ0n) is 16.0. The molecule has 1 saturated carbocycles. The van der Waals surface area contributed by atoms with Crippen molar-refractivity contribution in [1.82, 2.24) is 4.98 Å². The van der Waals surface area contributed by atoms with Crippen LogP contribution in [0.5, 0.6) is 5.75 Å². The molecule has 1 heterocycles. The number of aryl methyl sites for hydroxylation is 1. The molecule has 6 heteroatoms. The number of ether oxygens (including phenoxy) is 1. The van der Waals surface area contributed by atoms with Gasteiger partial charge >= 0.3 is 0 Å². The van der Waals surface area contributed by atoms with Gasteiger partial charge in [-0.05, 0) is 62.3 Å². The van der Waals surface area contributed by atoms with Gasteiger partial charge in [0.25, 0.3) is 0 Å². The second kappa shape index (κ2) is 7.98. The van der Waals surface area contributed by atoms with Crippen molar-refractivity contribution in [3.63, 3.8) is 0 Å². The Morgan fingerprint density at radius 3 is 2.72 bits per heavy atom. The van der Waals surface area contributed by atoms with Gasteiger partial charge in [0.1, 0.15) is 0 Å². The van der Waals surface area contributed by atoms with Crippen LogP contribution in [0.25, 0.3) is 11.1 Å². The summed E-state index contributed by atoms with van der Waals surface area (Å²) in [6.45, 7) is 0. The van der Waals surface area contributed by atoms with Crippen LogP contribution in [0.3, 0.4) is 0 Å². The van der Waals surface area contributed by atoms with Crippen LogP contribution in [-0.2, 0) is 6.42 Å². The summed E-state index contributed by atoms with van der Waals surface area (Å²) >= 11 is 7.87. The predicted octanol–water partition coefficient (Wildman–Crippen LogP) is 6.51. The smallest absolute Gasteiger partial charge is 0.187 e. The first-order valence-corrected chi connectivity index (χ1v) is 11.4. The van der Waals surface area contributed by atoms with Crippen LogP contribution >= 0.6 is 22.9 Å². The predicted molar refractivity (Wildman–Crippen MR) is 118 cm³/mol. The lowest BCUT2D eigenvalue weighted by Gasteiger charge is -2.29. The molecule has 2 aliphatic carbocycles. The van der Waals surface area contributed by atoms with Crippen molar-refractivity contribution in [1.29, 1.82) is 0 Å². The van der Waals surface area contributed by atoms with E-state index in [0.29, 0.717) is 5.02 Å². The molecule has 0 amide bonds. The van der Waals surface area contributed by atoms with Crippen molar-refractivity contribution in [2.24, 2.45) is 0 Å². The maximum absolute atomic E-state index is 10.3. The molecule has 0 bridgehead atoms. The summed E-state index contributed by atoms with van der Waals surface area (Å²) in [5.74, 6) is 0.841. The standard InChI is InChI=1S/C23H23ClN2O2S/c24-15-6-1-5-14(13-15)17-9-3-10-18(22(17)28-16-7-2-8-16)25-23-26-21-19(27)11-4-12-20(21)29-23/h1,3,5-6,9-10,13,16,19,27H,2,4,7-8,11-12H2,(H,25,26). The number of aliphatic hydroxyl groups is 1. The van der Waals surface area contributed by atoms with Crippen molar-refractivity contribution in [2.75, 3.05) is 5.32 Å². The normalized spacial score (nSPS) is 18.8. The first-order chi connectivity index (χ1) is 14.2. The second-order valence-electron chi connectivity index (χ2n) is 7.72. The summed E-state index contributed by atoms with van der Waals surface area (Å²) in [6.07, 6.45) is 5.97. The van der Waals surface area contributed by atoms with Crippen molar-refractivity contribution in [3.05, 3.63) is 58.1 Å². The van der Waals surface area contributed by atoms with Gasteiger partial charge in [-0.3, -0.25) is 0 Å². The molecule has 4 nitrogen and oxygen atoms in total. The van der Waals surface area contributed by atoms with Gasteiger partial charge in [0.05, 0.1) is 23.6 Å². The Labute approximate surface area is 179 Å². The fourth-order valence-electron chi connectivity index (χ4n) is 3.87. The number of nitrogens with one attached hydrogen (secondary N) is 1. The van der Waals surface area contributed by atoms with E-state index in [-0.39, 0.29) is 6.10 Å². The van der Waals surface area contributed by atoms with Gasteiger partial charge in [0.2, 0.25) is 0 Å². The van der Waals surface area contributed by atoms with E-state index in [0.717, 1.165) is 65.5 Å². The minimum atomic E-state index is -0.450. The molecule has 0 radical (unpaired) electrons. The first kappa shape index (κ1) is 18.9. The van der Waals surface area contributed by atoms with Crippen LogP contribution in [0.1, 0.15) is 48.8 Å². The molecule has 1 atom stereocenters. The van der Waals surface area contributed by atoms with Crippen LogP contribution in [0.4, 0.5) is 10.8 Å².